The Bertz CT molecular complexity index is 1460. The van der Waals surface area contributed by atoms with Crippen LogP contribution in [0.4, 0.5) is 11.5 Å². The third-order valence-corrected chi connectivity index (χ3v) is 7.92. The Morgan fingerprint density at radius 1 is 1.08 bits per heavy atom. The Hall–Kier alpha value is -2.88. The first-order valence-electron chi connectivity index (χ1n) is 11.8. The van der Waals surface area contributed by atoms with Crippen LogP contribution in [0.25, 0.3) is 11.7 Å². The van der Waals surface area contributed by atoms with Crippen LogP contribution < -0.4 is 15.4 Å². The van der Waals surface area contributed by atoms with Gasteiger partial charge in [0.1, 0.15) is 15.8 Å². The zero-order chi connectivity index (χ0) is 25.6. The summed E-state index contributed by atoms with van der Waals surface area (Å²) < 4.78 is 2.05. The summed E-state index contributed by atoms with van der Waals surface area (Å²) in [5, 5.41) is 0.704. The minimum absolute atomic E-state index is 0.0547. The fraction of sp³-hybridized carbons (Fsp3) is 0.308. The maximum atomic E-state index is 13.7. The van der Waals surface area contributed by atoms with Gasteiger partial charge in [0.05, 0.1) is 10.5 Å². The number of thioether (sulfide) groups is 1. The summed E-state index contributed by atoms with van der Waals surface area (Å²) in [6, 6.07) is 11.6. The normalized spacial score (nSPS) is 17.8. The molecule has 36 heavy (non-hydrogen) atoms. The summed E-state index contributed by atoms with van der Waals surface area (Å²) in [4.78, 5) is 38.1. The first-order chi connectivity index (χ1) is 17.2. The lowest BCUT2D eigenvalue weighted by molar-refractivity contribution is -0.123. The van der Waals surface area contributed by atoms with E-state index in [9.17, 15) is 9.59 Å². The molecule has 0 aliphatic carbocycles. The van der Waals surface area contributed by atoms with E-state index in [1.807, 2.05) is 57.2 Å². The molecule has 1 aromatic carbocycles. The molecule has 0 N–H and O–H groups in total. The van der Waals surface area contributed by atoms with Gasteiger partial charge in [-0.2, -0.15) is 0 Å². The van der Waals surface area contributed by atoms with Crippen LogP contribution in [-0.2, 0) is 4.79 Å². The predicted molar refractivity (Wildman–Crippen MR) is 152 cm³/mol. The van der Waals surface area contributed by atoms with Crippen LogP contribution in [0.2, 0.25) is 5.02 Å². The Morgan fingerprint density at radius 3 is 2.47 bits per heavy atom. The summed E-state index contributed by atoms with van der Waals surface area (Å²) in [5.41, 5.74) is 2.79. The minimum atomic E-state index is -0.203. The van der Waals surface area contributed by atoms with Gasteiger partial charge in [-0.05, 0) is 56.7 Å². The summed E-state index contributed by atoms with van der Waals surface area (Å²) in [7, 11) is 0. The third-order valence-electron chi connectivity index (χ3n) is 6.35. The summed E-state index contributed by atoms with van der Waals surface area (Å²) in [6.45, 7) is 8.64. The molecule has 4 heterocycles. The summed E-state index contributed by atoms with van der Waals surface area (Å²) in [6.07, 6.45) is 3.45. The number of nitrogens with zero attached hydrogens (tertiary/aromatic N) is 5. The molecule has 2 fully saturated rings. The van der Waals surface area contributed by atoms with E-state index in [0.29, 0.717) is 44.4 Å². The van der Waals surface area contributed by atoms with Gasteiger partial charge >= 0.3 is 0 Å². The van der Waals surface area contributed by atoms with E-state index in [0.717, 1.165) is 24.3 Å². The van der Waals surface area contributed by atoms with E-state index >= 15 is 0 Å². The highest BCUT2D eigenvalue weighted by Crippen LogP contribution is 2.35. The van der Waals surface area contributed by atoms with Gasteiger partial charge in [0, 0.05) is 49.1 Å². The smallest absolute Gasteiger partial charge is 0.267 e. The van der Waals surface area contributed by atoms with Crippen molar-refractivity contribution in [2.24, 2.45) is 0 Å². The van der Waals surface area contributed by atoms with Crippen LogP contribution in [0, 0.1) is 6.92 Å². The van der Waals surface area contributed by atoms with Crippen molar-refractivity contribution in [3.8, 4) is 0 Å². The fourth-order valence-corrected chi connectivity index (χ4v) is 6.21. The number of anilines is 2. The lowest BCUT2D eigenvalue weighted by Crippen LogP contribution is -2.47. The van der Waals surface area contributed by atoms with Crippen LogP contribution in [0.1, 0.15) is 25.0 Å². The molecule has 5 rings (SSSR count). The maximum absolute atomic E-state index is 13.7. The number of rotatable bonds is 4. The van der Waals surface area contributed by atoms with Gasteiger partial charge in [-0.15, -0.1) is 0 Å². The summed E-state index contributed by atoms with van der Waals surface area (Å²) in [5.74, 6) is 0.412. The molecule has 186 valence electrons. The molecule has 0 atom stereocenters. The number of amides is 1. The number of piperazine rings is 1. The van der Waals surface area contributed by atoms with E-state index in [-0.39, 0.29) is 17.5 Å². The molecule has 0 unspecified atom stereocenters. The van der Waals surface area contributed by atoms with Gasteiger partial charge in [-0.3, -0.25) is 18.9 Å². The zero-order valence-electron chi connectivity index (χ0n) is 20.3. The van der Waals surface area contributed by atoms with Gasteiger partial charge in [-0.1, -0.05) is 47.7 Å². The van der Waals surface area contributed by atoms with E-state index in [2.05, 4.69) is 9.80 Å². The fourth-order valence-electron chi connectivity index (χ4n) is 4.52. The molecular formula is C26H26ClN5O2S2. The highest BCUT2D eigenvalue weighted by atomic mass is 35.5. The molecular weight excluding hydrogens is 514 g/mol. The molecule has 2 saturated heterocycles. The highest BCUT2D eigenvalue weighted by molar-refractivity contribution is 8.26. The first-order valence-corrected chi connectivity index (χ1v) is 13.4. The molecule has 3 aromatic rings. The summed E-state index contributed by atoms with van der Waals surface area (Å²) >= 11 is 12.9. The van der Waals surface area contributed by atoms with E-state index in [1.165, 1.54) is 11.8 Å². The first kappa shape index (κ1) is 24.8. The third kappa shape index (κ3) is 4.63. The van der Waals surface area contributed by atoms with Crippen molar-refractivity contribution in [2.45, 2.75) is 26.8 Å². The lowest BCUT2D eigenvalue weighted by atomic mass is 10.2. The number of carbonyl (C=O) groups is 1. The highest BCUT2D eigenvalue weighted by Gasteiger charge is 2.34. The second kappa shape index (κ2) is 9.88. The van der Waals surface area contributed by atoms with Crippen molar-refractivity contribution in [3.63, 3.8) is 0 Å². The van der Waals surface area contributed by atoms with Gasteiger partial charge < -0.3 is 9.80 Å². The molecule has 1 amide bonds. The number of aryl methyl sites for hydroxylation is 1. The molecule has 2 aliphatic heterocycles. The number of fused-ring (bicyclic) bond motifs is 1. The molecule has 0 spiro atoms. The second-order valence-corrected chi connectivity index (χ2v) is 11.3. The van der Waals surface area contributed by atoms with Crippen molar-refractivity contribution < 1.29 is 4.79 Å². The largest absolute Gasteiger partial charge is 0.368 e. The topological polar surface area (TPSA) is 61.2 Å². The van der Waals surface area contributed by atoms with Crippen LogP contribution in [0.3, 0.4) is 0 Å². The average molecular weight is 540 g/mol. The number of hydrogen-bond acceptors (Lipinski definition) is 7. The van der Waals surface area contributed by atoms with Gasteiger partial charge in [0.15, 0.2) is 0 Å². The Labute approximate surface area is 224 Å². The van der Waals surface area contributed by atoms with Gasteiger partial charge in [0.2, 0.25) is 0 Å². The zero-order valence-corrected chi connectivity index (χ0v) is 22.7. The van der Waals surface area contributed by atoms with E-state index < -0.39 is 0 Å². The van der Waals surface area contributed by atoms with Crippen molar-refractivity contribution in [2.75, 3.05) is 36.0 Å². The minimum Gasteiger partial charge on any atom is -0.368 e. The number of benzene rings is 1. The number of halogens is 1. The van der Waals surface area contributed by atoms with Crippen molar-refractivity contribution >= 4 is 69.0 Å². The van der Waals surface area contributed by atoms with Crippen molar-refractivity contribution in [1.29, 1.82) is 0 Å². The van der Waals surface area contributed by atoms with Crippen molar-refractivity contribution in [3.05, 3.63) is 74.0 Å². The molecule has 2 aliphatic rings. The number of carbonyl (C=O) groups excluding carboxylic acids is 1. The van der Waals surface area contributed by atoms with E-state index in [1.54, 1.807) is 21.6 Å². The molecule has 7 nitrogen and oxygen atoms in total. The van der Waals surface area contributed by atoms with E-state index in [4.69, 9.17) is 28.8 Å². The van der Waals surface area contributed by atoms with Crippen molar-refractivity contribution in [1.82, 2.24) is 14.3 Å². The van der Waals surface area contributed by atoms with Gasteiger partial charge in [0.25, 0.3) is 11.5 Å². The number of hydrogen-bond donors (Lipinski definition) is 0. The number of pyridine rings is 1. The quantitative estimate of drug-likeness (QED) is 0.355. The number of thiocarbonyl (C=S) groups is 1. The maximum Gasteiger partial charge on any atom is 0.267 e. The van der Waals surface area contributed by atoms with Crippen LogP contribution in [0.5, 0.6) is 0 Å². The van der Waals surface area contributed by atoms with Crippen LogP contribution in [-0.4, -0.2) is 56.7 Å². The second-order valence-electron chi connectivity index (χ2n) is 9.19. The SMILES string of the molecule is Cc1ccc2nc(N3CCN(c4cccc(Cl)c4)CC3)c(C=C3SC(=S)N(C(C)C)C3=O)c(=O)n2c1. The Balaban J connectivity index is 1.54. The number of aromatic nitrogens is 2. The molecule has 0 saturated carbocycles. The van der Waals surface area contributed by atoms with Crippen LogP contribution >= 0.6 is 35.6 Å². The average Bonchev–Trinajstić information content (AvgIpc) is 3.14. The Kier molecular flexibility index (Phi) is 6.80. The standard InChI is InChI=1S/C26H26ClN5O2S2/c1-16(2)32-25(34)21(36-26(32)35)14-20-23(28-22-8-7-17(3)15-31(22)24(20)33)30-11-9-29(10-12-30)19-6-4-5-18(27)13-19/h4-8,13-16H,9-12H2,1-3H3. The molecule has 0 radical (unpaired) electrons. The van der Waals surface area contributed by atoms with Crippen LogP contribution in [0.15, 0.2) is 52.3 Å². The monoisotopic (exact) mass is 539 g/mol. The predicted octanol–water partition coefficient (Wildman–Crippen LogP) is 4.59. The molecule has 10 heteroatoms. The molecule has 2 aromatic heterocycles. The lowest BCUT2D eigenvalue weighted by Gasteiger charge is -2.37. The molecule has 0 bridgehead atoms. The van der Waals surface area contributed by atoms with Gasteiger partial charge in [-0.25, -0.2) is 4.98 Å². The Morgan fingerprint density at radius 2 is 1.81 bits per heavy atom.